The second-order valence-corrected chi connectivity index (χ2v) is 8.01. The number of hydrazine groups is 1. The first-order valence-electron chi connectivity index (χ1n) is 10.1. The zero-order valence-electron chi connectivity index (χ0n) is 18.2. The number of rotatable bonds is 8. The van der Waals surface area contributed by atoms with E-state index in [9.17, 15) is 9.59 Å². The third-order valence-corrected chi connectivity index (χ3v) is 5.21. The highest BCUT2D eigenvalue weighted by Crippen LogP contribution is 2.25. The van der Waals surface area contributed by atoms with Crippen molar-refractivity contribution >= 4 is 45.1 Å². The molecule has 3 rings (SSSR count). The monoisotopic (exact) mass is 543 g/mol. The van der Waals surface area contributed by atoms with Gasteiger partial charge in [-0.05, 0) is 76.7 Å². The summed E-state index contributed by atoms with van der Waals surface area (Å²) in [6, 6.07) is 20.9. The highest BCUT2D eigenvalue weighted by atomic mass is 79.9. The molecule has 0 aliphatic rings. The van der Waals surface area contributed by atoms with Crippen molar-refractivity contribution in [1.29, 1.82) is 0 Å². The fourth-order valence-electron chi connectivity index (χ4n) is 2.76. The van der Waals surface area contributed by atoms with E-state index in [-0.39, 0.29) is 5.11 Å². The van der Waals surface area contributed by atoms with E-state index in [0.717, 1.165) is 5.75 Å². The molecule has 0 bridgehead atoms. The molecule has 3 aromatic rings. The molecule has 0 heterocycles. The minimum Gasteiger partial charge on any atom is -0.496 e. The zero-order chi connectivity index (χ0) is 24.3. The maximum Gasteiger partial charge on any atom is 0.269 e. The fourth-order valence-corrected chi connectivity index (χ4v) is 3.45. The number of carbonyl (C=O) groups excluding carboxylic acids is 2. The van der Waals surface area contributed by atoms with Crippen LogP contribution in [0.2, 0.25) is 0 Å². The van der Waals surface area contributed by atoms with Crippen molar-refractivity contribution in [2.24, 2.45) is 0 Å². The van der Waals surface area contributed by atoms with Crippen molar-refractivity contribution in [2.75, 3.05) is 20.3 Å². The van der Waals surface area contributed by atoms with E-state index in [1.807, 2.05) is 30.3 Å². The minimum absolute atomic E-state index is 0.0616. The van der Waals surface area contributed by atoms with Gasteiger partial charge in [0.2, 0.25) is 0 Å². The summed E-state index contributed by atoms with van der Waals surface area (Å²) in [5.41, 5.74) is 5.66. The molecule has 8 nitrogen and oxygen atoms in total. The topological polar surface area (TPSA) is 97.9 Å². The number of methoxy groups -OCH3 is 1. The van der Waals surface area contributed by atoms with Crippen molar-refractivity contribution in [3.8, 4) is 17.2 Å². The summed E-state index contributed by atoms with van der Waals surface area (Å²) in [4.78, 5) is 24.8. The lowest BCUT2D eigenvalue weighted by atomic mass is 10.2. The number of para-hydroxylation sites is 1. The summed E-state index contributed by atoms with van der Waals surface area (Å²) in [5.74, 6) is 0.980. The van der Waals surface area contributed by atoms with Crippen molar-refractivity contribution < 1.29 is 23.8 Å². The first-order chi connectivity index (χ1) is 16.5. The van der Waals surface area contributed by atoms with Gasteiger partial charge in [0.15, 0.2) is 5.11 Å². The molecule has 0 aromatic heterocycles. The van der Waals surface area contributed by atoms with Crippen LogP contribution in [0.25, 0.3) is 0 Å². The standard InChI is InChI=1S/C24H22BrN3O5S/c1-31-21-11-10-17(15-20(21)25)23(30)27-28-24(34)26-22(29)16-6-5-9-19(14-16)33-13-12-32-18-7-3-2-4-8-18/h2-11,14-15H,12-13H2,1H3,(H,27,30)(H2,26,28,29,34). The van der Waals surface area contributed by atoms with Crippen LogP contribution in [-0.4, -0.2) is 37.3 Å². The largest absolute Gasteiger partial charge is 0.496 e. The summed E-state index contributed by atoms with van der Waals surface area (Å²) in [7, 11) is 1.53. The molecular weight excluding hydrogens is 522 g/mol. The van der Waals surface area contributed by atoms with Gasteiger partial charge in [0.1, 0.15) is 30.5 Å². The van der Waals surface area contributed by atoms with Gasteiger partial charge in [-0.1, -0.05) is 24.3 Å². The third-order valence-electron chi connectivity index (χ3n) is 4.39. The second-order valence-electron chi connectivity index (χ2n) is 6.75. The van der Waals surface area contributed by atoms with E-state index in [1.165, 1.54) is 7.11 Å². The normalized spacial score (nSPS) is 10.1. The lowest BCUT2D eigenvalue weighted by Crippen LogP contribution is -2.48. The lowest BCUT2D eigenvalue weighted by molar-refractivity contribution is 0.0934. The molecule has 0 atom stereocenters. The molecule has 3 N–H and O–H groups in total. The highest BCUT2D eigenvalue weighted by Gasteiger charge is 2.12. The van der Waals surface area contributed by atoms with E-state index in [2.05, 4.69) is 32.1 Å². The Kier molecular flexibility index (Phi) is 9.24. The SMILES string of the molecule is COc1ccc(C(=O)NNC(=S)NC(=O)c2cccc(OCCOc3ccccc3)c2)cc1Br. The van der Waals surface area contributed by atoms with Gasteiger partial charge in [-0.15, -0.1) is 0 Å². The molecule has 2 amide bonds. The Morgan fingerprint density at radius 1 is 0.824 bits per heavy atom. The molecule has 10 heteroatoms. The number of amides is 2. The van der Waals surface area contributed by atoms with E-state index < -0.39 is 11.8 Å². The number of benzene rings is 3. The second kappa shape index (κ2) is 12.6. The number of hydrogen-bond donors (Lipinski definition) is 3. The van der Waals surface area contributed by atoms with Crippen LogP contribution < -0.4 is 30.4 Å². The summed E-state index contributed by atoms with van der Waals surface area (Å²) in [5, 5.41) is 2.44. The maximum absolute atomic E-state index is 12.5. The number of nitrogens with one attached hydrogen (secondary N) is 3. The predicted molar refractivity (Wildman–Crippen MR) is 135 cm³/mol. The Balaban J connectivity index is 1.44. The van der Waals surface area contributed by atoms with Crippen LogP contribution in [-0.2, 0) is 0 Å². The van der Waals surface area contributed by atoms with Gasteiger partial charge in [-0.3, -0.25) is 25.8 Å². The van der Waals surface area contributed by atoms with Gasteiger partial charge in [0, 0.05) is 11.1 Å². The Morgan fingerprint density at radius 3 is 2.21 bits per heavy atom. The van der Waals surface area contributed by atoms with Crippen LogP contribution in [0, 0.1) is 0 Å². The zero-order valence-corrected chi connectivity index (χ0v) is 20.6. The molecule has 0 aliphatic heterocycles. The van der Waals surface area contributed by atoms with Crippen LogP contribution in [0.1, 0.15) is 20.7 Å². The van der Waals surface area contributed by atoms with Crippen LogP contribution in [0.15, 0.2) is 77.3 Å². The summed E-state index contributed by atoms with van der Waals surface area (Å²) in [6.45, 7) is 0.673. The van der Waals surface area contributed by atoms with Crippen LogP contribution in [0.5, 0.6) is 17.2 Å². The van der Waals surface area contributed by atoms with Crippen LogP contribution >= 0.6 is 28.1 Å². The van der Waals surface area contributed by atoms with Crippen molar-refractivity contribution in [3.63, 3.8) is 0 Å². The molecule has 0 saturated carbocycles. The number of thiocarbonyl (C=S) groups is 1. The number of hydrogen-bond acceptors (Lipinski definition) is 6. The van der Waals surface area contributed by atoms with E-state index in [4.69, 9.17) is 26.4 Å². The average molecular weight is 544 g/mol. The Bertz CT molecular complexity index is 1160. The number of halogens is 1. The fraction of sp³-hybridized carbons (Fsp3) is 0.125. The molecule has 34 heavy (non-hydrogen) atoms. The van der Waals surface area contributed by atoms with Crippen LogP contribution in [0.4, 0.5) is 0 Å². The van der Waals surface area contributed by atoms with Gasteiger partial charge in [0.25, 0.3) is 11.8 Å². The van der Waals surface area contributed by atoms with E-state index >= 15 is 0 Å². The van der Waals surface area contributed by atoms with Gasteiger partial charge >= 0.3 is 0 Å². The van der Waals surface area contributed by atoms with Crippen LogP contribution in [0.3, 0.4) is 0 Å². The van der Waals surface area contributed by atoms with Gasteiger partial charge < -0.3 is 14.2 Å². The third kappa shape index (κ3) is 7.46. The van der Waals surface area contributed by atoms with E-state index in [0.29, 0.717) is 40.3 Å². The Morgan fingerprint density at radius 2 is 1.50 bits per heavy atom. The smallest absolute Gasteiger partial charge is 0.269 e. The maximum atomic E-state index is 12.5. The summed E-state index contributed by atoms with van der Waals surface area (Å²) >= 11 is 8.42. The highest BCUT2D eigenvalue weighted by molar-refractivity contribution is 9.10. The molecule has 176 valence electrons. The molecule has 0 radical (unpaired) electrons. The molecule has 0 spiro atoms. The molecule has 0 unspecified atom stereocenters. The summed E-state index contributed by atoms with van der Waals surface area (Å²) < 4.78 is 17.0. The van der Waals surface area contributed by atoms with E-state index in [1.54, 1.807) is 42.5 Å². The number of ether oxygens (including phenoxy) is 3. The average Bonchev–Trinajstić information content (AvgIpc) is 2.86. The van der Waals surface area contributed by atoms with Gasteiger partial charge in [-0.2, -0.15) is 0 Å². The molecular formula is C24H22BrN3O5S. The Hall–Kier alpha value is -3.63. The van der Waals surface area contributed by atoms with Gasteiger partial charge in [-0.25, -0.2) is 0 Å². The molecule has 3 aromatic carbocycles. The van der Waals surface area contributed by atoms with Crippen molar-refractivity contribution in [3.05, 3.63) is 88.4 Å². The van der Waals surface area contributed by atoms with Crippen molar-refractivity contribution in [2.45, 2.75) is 0 Å². The first-order valence-corrected chi connectivity index (χ1v) is 11.3. The first kappa shape index (κ1) is 25.0. The number of carbonyl (C=O) groups is 2. The quantitative estimate of drug-likeness (QED) is 0.225. The lowest BCUT2D eigenvalue weighted by Gasteiger charge is -2.12. The molecule has 0 saturated heterocycles. The predicted octanol–water partition coefficient (Wildman–Crippen LogP) is 3.86. The Labute approximate surface area is 210 Å². The summed E-state index contributed by atoms with van der Waals surface area (Å²) in [6.07, 6.45) is 0. The molecule has 0 aliphatic carbocycles. The minimum atomic E-state index is -0.454. The van der Waals surface area contributed by atoms with Crippen molar-refractivity contribution in [1.82, 2.24) is 16.2 Å². The van der Waals surface area contributed by atoms with Gasteiger partial charge in [0.05, 0.1) is 11.6 Å². The molecule has 0 fully saturated rings.